The SMILES string of the molecule is CCN1C[C@]2(OC(=O)c3ccccc3NC(C)=O)CC[C@H](OC)C34C1C(O)(C[C@@H]32)[C@@]1(O)C[C@H](OC)[C@@H]2C[C@H]4[C@]1(O)[C@H]2OC. The summed E-state index contributed by atoms with van der Waals surface area (Å²) < 4.78 is 24.8. The fraction of sp³-hybridized carbons (Fsp3) is 0.750. The Bertz CT molecular complexity index is 1340. The van der Waals surface area contributed by atoms with Crippen LogP contribution in [-0.2, 0) is 23.7 Å². The molecule has 236 valence electrons. The zero-order chi connectivity index (χ0) is 30.7. The van der Waals surface area contributed by atoms with Gasteiger partial charge in [0.25, 0.3) is 0 Å². The number of piperidine rings is 1. The molecule has 0 aromatic heterocycles. The van der Waals surface area contributed by atoms with Gasteiger partial charge in [0.2, 0.25) is 5.91 Å². The summed E-state index contributed by atoms with van der Waals surface area (Å²) in [5.74, 6) is -1.97. The Balaban J connectivity index is 1.41. The van der Waals surface area contributed by atoms with Crippen LogP contribution in [0.15, 0.2) is 24.3 Å². The highest BCUT2D eigenvalue weighted by Crippen LogP contribution is 2.80. The number of amides is 1. The van der Waals surface area contributed by atoms with Gasteiger partial charge >= 0.3 is 5.97 Å². The number of fused-ring (bicyclic) bond motifs is 2. The van der Waals surface area contributed by atoms with Crippen LogP contribution in [0.3, 0.4) is 0 Å². The molecule has 1 aromatic carbocycles. The van der Waals surface area contributed by atoms with E-state index in [1.165, 1.54) is 6.92 Å². The van der Waals surface area contributed by atoms with E-state index in [2.05, 4.69) is 10.2 Å². The van der Waals surface area contributed by atoms with Gasteiger partial charge in [-0.25, -0.2) is 4.79 Å². The van der Waals surface area contributed by atoms with Crippen molar-refractivity contribution in [2.45, 2.75) is 92.7 Å². The molecule has 7 bridgehead atoms. The van der Waals surface area contributed by atoms with Crippen molar-refractivity contribution in [2.24, 2.45) is 23.2 Å². The normalized spacial score (nSPS) is 49.1. The molecule has 5 aliphatic carbocycles. The minimum absolute atomic E-state index is 0.0723. The standard InChI is InChI=1S/C32H44N2O9/c1-6-34-16-28(43-26(36)18-9-7-8-10-20(18)33-17(2)35)12-11-24(41-4)31-22-13-19-21(40-3)14-30(38,32(22,39)25(19)42-5)29(37,27(31)34)15-23(28)31/h7-10,19,21-25,27,37-39H,6,11-16H2,1-5H3,(H,33,35)/t19-,21-,22+,23+,24-,25-,27?,28+,29?,30-,31?,32-/m0/s1. The van der Waals surface area contributed by atoms with Gasteiger partial charge in [0.15, 0.2) is 0 Å². The number of likely N-dealkylation sites (tertiary alicyclic amines) is 1. The van der Waals surface area contributed by atoms with Crippen LogP contribution in [-0.4, -0.2) is 113 Å². The number of benzene rings is 1. The largest absolute Gasteiger partial charge is 0.454 e. The van der Waals surface area contributed by atoms with E-state index in [-0.39, 0.29) is 36.3 Å². The Labute approximate surface area is 251 Å². The number of carbonyl (C=O) groups is 2. The molecule has 6 aliphatic rings. The summed E-state index contributed by atoms with van der Waals surface area (Å²) in [7, 11) is 4.82. The predicted octanol–water partition coefficient (Wildman–Crippen LogP) is 1.34. The van der Waals surface area contributed by atoms with Crippen LogP contribution in [0, 0.1) is 23.2 Å². The van der Waals surface area contributed by atoms with Gasteiger partial charge in [0, 0.05) is 64.4 Å². The van der Waals surface area contributed by atoms with E-state index in [0.29, 0.717) is 38.0 Å². The van der Waals surface area contributed by atoms with Crippen molar-refractivity contribution in [1.82, 2.24) is 4.90 Å². The molecule has 1 spiro atoms. The molecule has 12 atom stereocenters. The Morgan fingerprint density at radius 2 is 1.79 bits per heavy atom. The Morgan fingerprint density at radius 1 is 1.05 bits per heavy atom. The van der Waals surface area contributed by atoms with Crippen LogP contribution in [0.5, 0.6) is 0 Å². The number of nitrogens with one attached hydrogen (secondary N) is 1. The van der Waals surface area contributed by atoms with Gasteiger partial charge in [-0.2, -0.15) is 0 Å². The molecule has 43 heavy (non-hydrogen) atoms. The second kappa shape index (κ2) is 9.45. The van der Waals surface area contributed by atoms with E-state index in [1.54, 1.807) is 45.6 Å². The Kier molecular flexibility index (Phi) is 6.50. The summed E-state index contributed by atoms with van der Waals surface area (Å²) in [6.45, 7) is 4.30. The highest BCUT2D eigenvalue weighted by molar-refractivity contribution is 6.00. The third kappa shape index (κ3) is 3.24. The first-order chi connectivity index (χ1) is 20.4. The molecule has 7 rings (SSSR count). The monoisotopic (exact) mass is 600 g/mol. The number of carbonyl (C=O) groups excluding carboxylic acids is 2. The molecule has 5 saturated carbocycles. The molecule has 4 N–H and O–H groups in total. The van der Waals surface area contributed by atoms with E-state index >= 15 is 0 Å². The first-order valence-electron chi connectivity index (χ1n) is 15.5. The highest BCUT2D eigenvalue weighted by atomic mass is 16.6. The van der Waals surface area contributed by atoms with E-state index in [0.717, 1.165) is 0 Å². The second-order valence-corrected chi connectivity index (χ2v) is 13.9. The van der Waals surface area contributed by atoms with Crippen molar-refractivity contribution in [3.05, 3.63) is 29.8 Å². The molecule has 1 saturated heterocycles. The number of methoxy groups -OCH3 is 3. The highest BCUT2D eigenvalue weighted by Gasteiger charge is 2.93. The summed E-state index contributed by atoms with van der Waals surface area (Å²) in [4.78, 5) is 28.1. The van der Waals surface area contributed by atoms with Gasteiger partial charge in [-0.15, -0.1) is 0 Å². The summed E-state index contributed by atoms with van der Waals surface area (Å²) >= 11 is 0. The van der Waals surface area contributed by atoms with Gasteiger partial charge in [0.1, 0.15) is 22.4 Å². The van der Waals surface area contributed by atoms with Crippen LogP contribution in [0.25, 0.3) is 0 Å². The maximum atomic E-state index is 14.0. The summed E-state index contributed by atoms with van der Waals surface area (Å²) in [5.41, 5.74) is -6.72. The number of likely N-dealkylation sites (N-methyl/N-ethyl adjacent to an activating group) is 1. The van der Waals surface area contributed by atoms with Crippen LogP contribution in [0.2, 0.25) is 0 Å². The summed E-state index contributed by atoms with van der Waals surface area (Å²) in [6.07, 6.45) is 0.245. The zero-order valence-corrected chi connectivity index (χ0v) is 25.5. The molecule has 6 fully saturated rings. The third-order valence-electron chi connectivity index (χ3n) is 12.7. The molecule has 3 unspecified atom stereocenters. The topological polar surface area (TPSA) is 147 Å². The van der Waals surface area contributed by atoms with Crippen LogP contribution in [0.4, 0.5) is 5.69 Å². The van der Waals surface area contributed by atoms with E-state index in [1.807, 2.05) is 6.92 Å². The molecular weight excluding hydrogens is 556 g/mol. The van der Waals surface area contributed by atoms with Gasteiger partial charge in [-0.3, -0.25) is 9.69 Å². The molecule has 11 heteroatoms. The second-order valence-electron chi connectivity index (χ2n) is 13.9. The lowest BCUT2D eigenvalue weighted by Gasteiger charge is -2.71. The lowest BCUT2D eigenvalue weighted by Crippen LogP contribution is -2.87. The smallest absolute Gasteiger partial charge is 0.340 e. The van der Waals surface area contributed by atoms with E-state index in [9.17, 15) is 24.9 Å². The number of hydrogen-bond donors (Lipinski definition) is 4. The van der Waals surface area contributed by atoms with Crippen molar-refractivity contribution in [3.63, 3.8) is 0 Å². The molecule has 1 aliphatic heterocycles. The minimum atomic E-state index is -1.93. The van der Waals surface area contributed by atoms with E-state index < -0.39 is 63.9 Å². The number of esters is 1. The zero-order valence-electron chi connectivity index (χ0n) is 25.5. The quantitative estimate of drug-likeness (QED) is 0.338. The fourth-order valence-electron chi connectivity index (χ4n) is 11.6. The molecule has 1 heterocycles. The molecule has 1 aromatic rings. The van der Waals surface area contributed by atoms with E-state index in [4.69, 9.17) is 18.9 Å². The van der Waals surface area contributed by atoms with Crippen LogP contribution in [0.1, 0.15) is 56.3 Å². The van der Waals surface area contributed by atoms with Crippen molar-refractivity contribution in [3.8, 4) is 0 Å². The third-order valence-corrected chi connectivity index (χ3v) is 12.7. The number of hydrogen-bond acceptors (Lipinski definition) is 10. The minimum Gasteiger partial charge on any atom is -0.454 e. The van der Waals surface area contributed by atoms with Gasteiger partial charge < -0.3 is 39.6 Å². The summed E-state index contributed by atoms with van der Waals surface area (Å²) in [6, 6.07) is 6.23. The fourth-order valence-corrected chi connectivity index (χ4v) is 11.6. The molecular formula is C32H44N2O9. The van der Waals surface area contributed by atoms with Crippen LogP contribution >= 0.6 is 0 Å². The maximum absolute atomic E-state index is 14.0. The van der Waals surface area contributed by atoms with Crippen molar-refractivity contribution in [2.75, 3.05) is 39.7 Å². The number of rotatable bonds is 7. The summed E-state index contributed by atoms with van der Waals surface area (Å²) in [5, 5.41) is 41.5. The average Bonchev–Trinajstić information content (AvgIpc) is 3.36. The number of aliphatic hydroxyl groups is 3. The van der Waals surface area contributed by atoms with Crippen LogP contribution < -0.4 is 5.32 Å². The van der Waals surface area contributed by atoms with Crippen molar-refractivity contribution in [1.29, 1.82) is 0 Å². The van der Waals surface area contributed by atoms with Crippen molar-refractivity contribution < 1.29 is 43.9 Å². The number of anilines is 1. The van der Waals surface area contributed by atoms with Crippen molar-refractivity contribution >= 4 is 17.6 Å². The Hall–Kier alpha value is -2.12. The maximum Gasteiger partial charge on any atom is 0.340 e. The first kappa shape index (κ1) is 29.6. The molecule has 1 amide bonds. The van der Waals surface area contributed by atoms with Gasteiger partial charge in [-0.05, 0) is 44.4 Å². The lowest BCUT2D eigenvalue weighted by molar-refractivity contribution is -0.369. The number of nitrogens with zero attached hydrogens (tertiary/aromatic N) is 1. The molecule has 0 radical (unpaired) electrons. The molecule has 11 nitrogen and oxygen atoms in total. The Morgan fingerprint density at radius 3 is 2.44 bits per heavy atom. The number of para-hydroxylation sites is 1. The predicted molar refractivity (Wildman–Crippen MR) is 153 cm³/mol. The lowest BCUT2D eigenvalue weighted by atomic mass is 9.43. The van der Waals surface area contributed by atoms with Gasteiger partial charge in [-0.1, -0.05) is 19.1 Å². The van der Waals surface area contributed by atoms with Gasteiger partial charge in [0.05, 0.1) is 35.6 Å². The number of ether oxygens (including phenoxy) is 4. The first-order valence-corrected chi connectivity index (χ1v) is 15.5. The average molecular weight is 601 g/mol.